The van der Waals surface area contributed by atoms with E-state index in [1.807, 2.05) is 0 Å². The van der Waals surface area contributed by atoms with Gasteiger partial charge in [0.2, 0.25) is 5.91 Å². The van der Waals surface area contributed by atoms with Gasteiger partial charge in [-0.2, -0.15) is 0 Å². The molecule has 5 nitrogen and oxygen atoms in total. The first-order valence-electron chi connectivity index (χ1n) is 6.96. The average Bonchev–Trinajstić information content (AvgIpc) is 2.91. The van der Waals surface area contributed by atoms with Crippen LogP contribution >= 0.6 is 24.0 Å². The number of hydrogen-bond acceptors (Lipinski definition) is 4. The molecular formula is C14H20Cl2N2O3S. The lowest BCUT2D eigenvalue weighted by Gasteiger charge is -2.10. The summed E-state index contributed by atoms with van der Waals surface area (Å²) in [6, 6.07) is 6.25. The van der Waals surface area contributed by atoms with Gasteiger partial charge >= 0.3 is 0 Å². The van der Waals surface area contributed by atoms with E-state index >= 15 is 0 Å². The Bertz CT molecular complexity index is 585. The number of hydrogen-bond donors (Lipinski definition) is 2. The summed E-state index contributed by atoms with van der Waals surface area (Å²) in [5.41, 5.74) is 0. The van der Waals surface area contributed by atoms with Gasteiger partial charge in [-0.1, -0.05) is 11.6 Å². The van der Waals surface area contributed by atoms with Crippen molar-refractivity contribution in [1.29, 1.82) is 0 Å². The fourth-order valence-corrected chi connectivity index (χ4v) is 3.59. The van der Waals surface area contributed by atoms with Crippen molar-refractivity contribution in [2.45, 2.75) is 30.2 Å². The molecule has 1 aliphatic rings. The average molecular weight is 367 g/mol. The van der Waals surface area contributed by atoms with Gasteiger partial charge < -0.3 is 10.6 Å². The summed E-state index contributed by atoms with van der Waals surface area (Å²) in [5.74, 6) is -0.223. The maximum Gasteiger partial charge on any atom is 0.221 e. The Morgan fingerprint density at radius 2 is 2.00 bits per heavy atom. The molecule has 0 spiro atoms. The molecule has 2 rings (SSSR count). The summed E-state index contributed by atoms with van der Waals surface area (Å²) >= 11 is 5.73. The Hall–Kier alpha value is -0.820. The number of benzene rings is 1. The molecule has 1 amide bonds. The number of sulfone groups is 1. The highest BCUT2D eigenvalue weighted by Gasteiger charge is 2.18. The van der Waals surface area contributed by atoms with E-state index in [1.165, 1.54) is 12.1 Å². The van der Waals surface area contributed by atoms with Crippen LogP contribution in [0.4, 0.5) is 0 Å². The fourth-order valence-electron chi connectivity index (χ4n) is 2.31. The van der Waals surface area contributed by atoms with E-state index in [2.05, 4.69) is 10.6 Å². The second kappa shape index (κ2) is 8.72. The van der Waals surface area contributed by atoms with Gasteiger partial charge in [-0.05, 0) is 43.7 Å². The van der Waals surface area contributed by atoms with Crippen molar-refractivity contribution >= 4 is 39.8 Å². The van der Waals surface area contributed by atoms with Crippen molar-refractivity contribution in [3.63, 3.8) is 0 Å². The van der Waals surface area contributed by atoms with E-state index in [0.29, 0.717) is 11.4 Å². The highest BCUT2D eigenvalue weighted by Crippen LogP contribution is 2.15. The van der Waals surface area contributed by atoms with E-state index in [4.69, 9.17) is 11.6 Å². The minimum atomic E-state index is -3.39. The monoisotopic (exact) mass is 366 g/mol. The van der Waals surface area contributed by atoms with Crippen LogP contribution in [-0.2, 0) is 14.6 Å². The van der Waals surface area contributed by atoms with Crippen molar-refractivity contribution < 1.29 is 13.2 Å². The minimum Gasteiger partial charge on any atom is -0.355 e. The van der Waals surface area contributed by atoms with E-state index in [9.17, 15) is 13.2 Å². The van der Waals surface area contributed by atoms with Gasteiger partial charge in [0.15, 0.2) is 9.84 Å². The Balaban J connectivity index is 0.00000242. The predicted molar refractivity (Wildman–Crippen MR) is 89.4 cm³/mol. The zero-order valence-electron chi connectivity index (χ0n) is 12.0. The highest BCUT2D eigenvalue weighted by molar-refractivity contribution is 7.91. The Morgan fingerprint density at radius 3 is 2.59 bits per heavy atom. The van der Waals surface area contributed by atoms with Gasteiger partial charge in [-0.3, -0.25) is 4.79 Å². The number of halogens is 2. The molecule has 22 heavy (non-hydrogen) atoms. The predicted octanol–water partition coefficient (Wildman–Crippen LogP) is 1.79. The molecule has 1 aromatic rings. The summed E-state index contributed by atoms with van der Waals surface area (Å²) in [4.78, 5) is 11.9. The second-order valence-electron chi connectivity index (χ2n) is 5.12. The molecular weight excluding hydrogens is 347 g/mol. The molecule has 1 heterocycles. The van der Waals surface area contributed by atoms with Gasteiger partial charge in [-0.25, -0.2) is 8.42 Å². The van der Waals surface area contributed by atoms with Gasteiger partial charge in [0.1, 0.15) is 0 Å². The molecule has 1 aromatic carbocycles. The zero-order valence-corrected chi connectivity index (χ0v) is 14.4. The van der Waals surface area contributed by atoms with Gasteiger partial charge in [-0.15, -0.1) is 12.4 Å². The van der Waals surface area contributed by atoms with Crippen LogP contribution in [0.25, 0.3) is 0 Å². The smallest absolute Gasteiger partial charge is 0.221 e. The number of nitrogens with one attached hydrogen (secondary N) is 2. The first-order chi connectivity index (χ1) is 9.97. The molecule has 1 atom stereocenters. The molecule has 0 radical (unpaired) electrons. The molecule has 1 fully saturated rings. The van der Waals surface area contributed by atoms with Gasteiger partial charge in [0.25, 0.3) is 0 Å². The number of carbonyl (C=O) groups is 1. The second-order valence-corrected chi connectivity index (χ2v) is 7.67. The minimum absolute atomic E-state index is 0. The largest absolute Gasteiger partial charge is 0.355 e. The number of rotatable bonds is 6. The summed E-state index contributed by atoms with van der Waals surface area (Å²) in [7, 11) is -3.39. The third-order valence-corrected chi connectivity index (χ3v) is 5.44. The summed E-state index contributed by atoms with van der Waals surface area (Å²) in [6.45, 7) is 1.07. The third kappa shape index (κ3) is 5.76. The number of carbonyl (C=O) groups excluding carboxylic acids is 1. The molecule has 0 bridgehead atoms. The molecule has 2 N–H and O–H groups in total. The van der Waals surface area contributed by atoms with Crippen LogP contribution in [0.3, 0.4) is 0 Å². The maximum atomic E-state index is 12.1. The normalized spacial score (nSPS) is 17.8. The van der Waals surface area contributed by atoms with Crippen LogP contribution in [0.15, 0.2) is 29.2 Å². The standard InChI is InChI=1S/C14H19ClN2O3S.ClH/c15-11-3-5-13(6-4-11)21(19,20)9-8-17-14(18)10-12-2-1-7-16-12;/h3-6,12,16H,1-2,7-10H2,(H,17,18);1H. The van der Waals surface area contributed by atoms with Crippen LogP contribution in [0.1, 0.15) is 19.3 Å². The topological polar surface area (TPSA) is 75.3 Å². The first-order valence-corrected chi connectivity index (χ1v) is 8.99. The molecule has 0 aromatic heterocycles. The molecule has 1 aliphatic heterocycles. The molecule has 8 heteroatoms. The Labute approximate surface area is 142 Å². The van der Waals surface area contributed by atoms with E-state index in [0.717, 1.165) is 19.4 Å². The van der Waals surface area contributed by atoms with E-state index in [-0.39, 0.29) is 41.5 Å². The van der Waals surface area contributed by atoms with Crippen LogP contribution in [-0.4, -0.2) is 39.2 Å². The van der Waals surface area contributed by atoms with E-state index < -0.39 is 9.84 Å². The SMILES string of the molecule is Cl.O=C(CC1CCCN1)NCCS(=O)(=O)c1ccc(Cl)cc1. The molecule has 1 unspecified atom stereocenters. The van der Waals surface area contributed by atoms with Crippen LogP contribution in [0.5, 0.6) is 0 Å². The van der Waals surface area contributed by atoms with Crippen LogP contribution < -0.4 is 10.6 Å². The lowest BCUT2D eigenvalue weighted by molar-refractivity contribution is -0.121. The molecule has 124 valence electrons. The first kappa shape index (κ1) is 19.2. The zero-order chi connectivity index (χ0) is 15.3. The molecule has 1 saturated heterocycles. The maximum absolute atomic E-state index is 12.1. The van der Waals surface area contributed by atoms with Crippen molar-refractivity contribution in [3.05, 3.63) is 29.3 Å². The van der Waals surface area contributed by atoms with Gasteiger partial charge in [0, 0.05) is 24.0 Å². The summed E-state index contributed by atoms with van der Waals surface area (Å²) in [5, 5.41) is 6.39. The van der Waals surface area contributed by atoms with Gasteiger partial charge in [0.05, 0.1) is 10.6 Å². The molecule has 0 saturated carbocycles. The number of amides is 1. The quantitative estimate of drug-likeness (QED) is 0.804. The highest BCUT2D eigenvalue weighted by atomic mass is 35.5. The van der Waals surface area contributed by atoms with Crippen molar-refractivity contribution in [1.82, 2.24) is 10.6 Å². The lowest BCUT2D eigenvalue weighted by Crippen LogP contribution is -2.34. The fraction of sp³-hybridized carbons (Fsp3) is 0.500. The summed E-state index contributed by atoms with van der Waals surface area (Å²) < 4.78 is 24.1. The Morgan fingerprint density at radius 1 is 1.32 bits per heavy atom. The lowest BCUT2D eigenvalue weighted by atomic mass is 10.1. The van der Waals surface area contributed by atoms with E-state index in [1.54, 1.807) is 12.1 Å². The van der Waals surface area contributed by atoms with Crippen molar-refractivity contribution in [2.24, 2.45) is 0 Å². The van der Waals surface area contributed by atoms with Crippen molar-refractivity contribution in [3.8, 4) is 0 Å². The third-order valence-electron chi connectivity index (χ3n) is 3.46. The Kier molecular flexibility index (Phi) is 7.62. The van der Waals surface area contributed by atoms with Crippen LogP contribution in [0, 0.1) is 0 Å². The summed E-state index contributed by atoms with van der Waals surface area (Å²) in [6.07, 6.45) is 2.49. The van der Waals surface area contributed by atoms with Crippen LogP contribution in [0.2, 0.25) is 5.02 Å². The molecule has 0 aliphatic carbocycles. The van der Waals surface area contributed by atoms with Crippen molar-refractivity contribution in [2.75, 3.05) is 18.8 Å².